The Labute approximate surface area is 193 Å². The van der Waals surface area contributed by atoms with Gasteiger partial charge < -0.3 is 16.8 Å². The third-order valence-electron chi connectivity index (χ3n) is 4.49. The number of benzene rings is 1. The molecule has 0 radical (unpaired) electrons. The summed E-state index contributed by atoms with van der Waals surface area (Å²) >= 11 is 3.53. The highest BCUT2D eigenvalue weighted by molar-refractivity contribution is 7.79. The fourth-order valence-corrected chi connectivity index (χ4v) is 2.63. The number of aliphatic imine (C=N–C) groups is 2. The number of amidine groups is 2. The Morgan fingerprint density at radius 1 is 1.22 bits per heavy atom. The number of hydrogen-bond acceptors (Lipinski definition) is 6. The Morgan fingerprint density at radius 3 is 2.47 bits per heavy atom. The van der Waals surface area contributed by atoms with Crippen molar-refractivity contribution in [2.45, 2.75) is 26.3 Å². The molecule has 1 saturated heterocycles. The summed E-state index contributed by atoms with van der Waals surface area (Å²) in [5, 5.41) is 19.5. The highest BCUT2D eigenvalue weighted by Crippen LogP contribution is 2.16. The van der Waals surface area contributed by atoms with Crippen LogP contribution in [-0.4, -0.2) is 49.0 Å². The number of rotatable bonds is 7. The Hall–Kier alpha value is -2.85. The van der Waals surface area contributed by atoms with Gasteiger partial charge in [-0.3, -0.25) is 15.8 Å². The molecule has 7 N–H and O–H groups in total. The van der Waals surface area contributed by atoms with Gasteiger partial charge in [0, 0.05) is 41.6 Å². The number of hydrogen-bond donors (Lipinski definition) is 6. The monoisotopic (exact) mass is 463 g/mol. The van der Waals surface area contributed by atoms with Crippen molar-refractivity contribution in [2.24, 2.45) is 27.4 Å². The van der Waals surface area contributed by atoms with E-state index in [4.69, 9.17) is 22.3 Å². The molecule has 1 unspecified atom stereocenters. The summed E-state index contributed by atoms with van der Waals surface area (Å²) in [6.07, 6.45) is 6.69. The van der Waals surface area contributed by atoms with E-state index in [9.17, 15) is 8.78 Å². The molecule has 0 aliphatic carbocycles. The molecule has 174 valence electrons. The SMILES string of the molecule is CC(C)C(N)=NC(=N)/C=C\C(N)=C(\C=NC1CCNC1)C(=N)c1ccc(F)cc1F.CS. The van der Waals surface area contributed by atoms with Gasteiger partial charge in [0.05, 0.1) is 11.8 Å². The third-order valence-corrected chi connectivity index (χ3v) is 4.49. The van der Waals surface area contributed by atoms with E-state index in [-0.39, 0.29) is 40.3 Å². The Balaban J connectivity index is 0.00000249. The third kappa shape index (κ3) is 8.35. The number of halogens is 2. The first-order valence-electron chi connectivity index (χ1n) is 10.0. The highest BCUT2D eigenvalue weighted by Gasteiger charge is 2.17. The lowest BCUT2D eigenvalue weighted by molar-refractivity contribution is 0.582. The van der Waals surface area contributed by atoms with Crippen LogP contribution < -0.4 is 16.8 Å². The van der Waals surface area contributed by atoms with E-state index in [2.05, 4.69) is 27.9 Å². The van der Waals surface area contributed by atoms with Gasteiger partial charge in [0.1, 0.15) is 23.3 Å². The van der Waals surface area contributed by atoms with Crippen molar-refractivity contribution in [1.82, 2.24) is 5.32 Å². The second-order valence-corrected chi connectivity index (χ2v) is 7.20. The summed E-state index contributed by atoms with van der Waals surface area (Å²) in [7, 11) is 0. The van der Waals surface area contributed by atoms with Gasteiger partial charge in [-0.05, 0) is 43.5 Å². The second-order valence-electron chi connectivity index (χ2n) is 7.20. The molecule has 1 aromatic carbocycles. The number of thiol groups is 1. The zero-order chi connectivity index (χ0) is 24.3. The molecule has 1 aliphatic rings. The van der Waals surface area contributed by atoms with Crippen molar-refractivity contribution in [1.29, 1.82) is 10.8 Å². The molecule has 0 bridgehead atoms. The van der Waals surface area contributed by atoms with E-state index in [1.807, 2.05) is 13.8 Å². The molecule has 0 saturated carbocycles. The molecule has 10 heteroatoms. The normalized spacial score (nSPS) is 17.5. The van der Waals surface area contributed by atoms with E-state index < -0.39 is 11.6 Å². The molecular weight excluding hydrogens is 432 g/mol. The molecule has 7 nitrogen and oxygen atoms in total. The lowest BCUT2D eigenvalue weighted by Crippen LogP contribution is -2.20. The molecule has 2 rings (SSSR count). The van der Waals surface area contributed by atoms with Crippen LogP contribution in [0.5, 0.6) is 0 Å². The number of nitrogens with zero attached hydrogens (tertiary/aromatic N) is 2. The smallest absolute Gasteiger partial charge is 0.146 e. The Morgan fingerprint density at radius 2 is 1.91 bits per heavy atom. The highest BCUT2D eigenvalue weighted by atomic mass is 32.1. The topological polar surface area (TPSA) is 136 Å². The Kier molecular flexibility index (Phi) is 11.5. The molecular formula is C22H31F2N7S. The van der Waals surface area contributed by atoms with Crippen LogP contribution in [0.2, 0.25) is 0 Å². The summed E-state index contributed by atoms with van der Waals surface area (Å²) in [6.45, 7) is 5.25. The summed E-state index contributed by atoms with van der Waals surface area (Å²) in [5.41, 5.74) is 11.8. The van der Waals surface area contributed by atoms with Gasteiger partial charge >= 0.3 is 0 Å². The maximum Gasteiger partial charge on any atom is 0.146 e. The number of nitrogens with two attached hydrogens (primary N) is 2. The largest absolute Gasteiger partial charge is 0.398 e. The zero-order valence-electron chi connectivity index (χ0n) is 18.5. The van der Waals surface area contributed by atoms with Crippen LogP contribution >= 0.6 is 12.6 Å². The van der Waals surface area contributed by atoms with Crippen molar-refractivity contribution in [3.8, 4) is 0 Å². The van der Waals surface area contributed by atoms with Gasteiger partial charge in [-0.15, -0.1) is 0 Å². The van der Waals surface area contributed by atoms with Crippen LogP contribution in [-0.2, 0) is 0 Å². The van der Waals surface area contributed by atoms with Crippen LogP contribution in [0.3, 0.4) is 0 Å². The van der Waals surface area contributed by atoms with Gasteiger partial charge in [0.15, 0.2) is 0 Å². The van der Waals surface area contributed by atoms with E-state index in [1.165, 1.54) is 24.4 Å². The minimum Gasteiger partial charge on any atom is -0.398 e. The molecule has 1 heterocycles. The van der Waals surface area contributed by atoms with Crippen LogP contribution in [0.1, 0.15) is 25.8 Å². The molecule has 32 heavy (non-hydrogen) atoms. The average Bonchev–Trinajstić information content (AvgIpc) is 3.27. The van der Waals surface area contributed by atoms with Crippen molar-refractivity contribution in [3.05, 3.63) is 58.8 Å². The second kappa shape index (κ2) is 13.5. The molecule has 1 aromatic rings. The van der Waals surface area contributed by atoms with Crippen molar-refractivity contribution < 1.29 is 8.78 Å². The van der Waals surface area contributed by atoms with Crippen molar-refractivity contribution >= 4 is 36.2 Å². The number of nitrogens with one attached hydrogen (secondary N) is 3. The van der Waals surface area contributed by atoms with Gasteiger partial charge in [0.25, 0.3) is 0 Å². The summed E-state index contributed by atoms with van der Waals surface area (Å²) < 4.78 is 27.5. The molecule has 0 amide bonds. The van der Waals surface area contributed by atoms with E-state index in [0.29, 0.717) is 18.4 Å². The first-order valence-corrected chi connectivity index (χ1v) is 10.9. The molecule has 1 fully saturated rings. The van der Waals surface area contributed by atoms with Gasteiger partial charge in [-0.1, -0.05) is 13.8 Å². The average molecular weight is 464 g/mol. The molecule has 0 aromatic heterocycles. The standard InChI is InChI=1S/C21H27F2N7.CH4S/c1-12(2)21(27)30-19(25)6-5-18(24)16(11-29-14-7-8-28-10-14)20(26)15-4-3-13(22)9-17(15)23;1-2/h3-6,9,11-12,14,26,28H,7-8,10,24H2,1-2H3,(H3,25,27,30);2H,1H3/b6-5-,18-16+,26-20?,29-11?;. The minimum atomic E-state index is -0.868. The quantitative estimate of drug-likeness (QED) is 0.160. The maximum atomic E-state index is 14.2. The first-order chi connectivity index (χ1) is 15.2. The van der Waals surface area contributed by atoms with Crippen LogP contribution in [0.4, 0.5) is 8.78 Å². The van der Waals surface area contributed by atoms with Gasteiger partial charge in [-0.2, -0.15) is 12.6 Å². The molecule has 0 spiro atoms. The fraction of sp³-hybridized carbons (Fsp3) is 0.364. The Bertz CT molecular complexity index is 930. The van der Waals surface area contributed by atoms with Crippen molar-refractivity contribution in [2.75, 3.05) is 19.3 Å². The lowest BCUT2D eigenvalue weighted by atomic mass is 10.0. The van der Waals surface area contributed by atoms with Crippen LogP contribution in [0.15, 0.2) is 51.6 Å². The molecule has 1 aliphatic heterocycles. The summed E-state index contributed by atoms with van der Waals surface area (Å²) in [5.74, 6) is -1.41. The predicted molar refractivity (Wildman–Crippen MR) is 132 cm³/mol. The summed E-state index contributed by atoms with van der Waals surface area (Å²) in [4.78, 5) is 8.40. The van der Waals surface area contributed by atoms with Crippen molar-refractivity contribution in [3.63, 3.8) is 0 Å². The summed E-state index contributed by atoms with van der Waals surface area (Å²) in [6, 6.07) is 3.00. The first kappa shape index (κ1) is 27.2. The van der Waals surface area contributed by atoms with E-state index >= 15 is 0 Å². The number of allylic oxidation sites excluding steroid dienone is 2. The predicted octanol–water partition coefficient (Wildman–Crippen LogP) is 3.07. The lowest BCUT2D eigenvalue weighted by Gasteiger charge is -2.10. The van der Waals surface area contributed by atoms with E-state index in [0.717, 1.165) is 19.0 Å². The minimum absolute atomic E-state index is 0.0102. The van der Waals surface area contributed by atoms with Crippen LogP contribution in [0.25, 0.3) is 0 Å². The van der Waals surface area contributed by atoms with Gasteiger partial charge in [-0.25, -0.2) is 13.8 Å². The fourth-order valence-electron chi connectivity index (χ4n) is 2.63. The zero-order valence-corrected chi connectivity index (χ0v) is 19.4. The molecule has 1 atom stereocenters. The van der Waals surface area contributed by atoms with Gasteiger partial charge in [0.2, 0.25) is 0 Å². The van der Waals surface area contributed by atoms with E-state index in [1.54, 1.807) is 6.26 Å². The van der Waals surface area contributed by atoms with Crippen LogP contribution in [0, 0.1) is 28.4 Å². The maximum absolute atomic E-state index is 14.2.